The van der Waals surface area contributed by atoms with Crippen LogP contribution in [-0.2, 0) is 16.6 Å². The first-order valence-electron chi connectivity index (χ1n) is 9.16. The highest BCUT2D eigenvalue weighted by molar-refractivity contribution is 7.89. The fourth-order valence-electron chi connectivity index (χ4n) is 2.69. The average molecular weight is 423 g/mol. The fraction of sp³-hybridized carbons (Fsp3) is 0.0909. The zero-order valence-corrected chi connectivity index (χ0v) is 17.1. The summed E-state index contributed by atoms with van der Waals surface area (Å²) in [7, 11) is -2.14. The number of hydrogen-bond donors (Lipinski definition) is 3. The van der Waals surface area contributed by atoms with Crippen molar-refractivity contribution in [3.63, 3.8) is 0 Å². The number of anilines is 1. The number of hydrogen-bond acceptors (Lipinski definition) is 4. The lowest BCUT2D eigenvalue weighted by atomic mass is 10.1. The third kappa shape index (κ3) is 5.31. The van der Waals surface area contributed by atoms with Crippen LogP contribution in [-0.4, -0.2) is 27.3 Å². The second kappa shape index (κ2) is 9.34. The minimum absolute atomic E-state index is 0.160. The van der Waals surface area contributed by atoms with Crippen molar-refractivity contribution >= 4 is 27.5 Å². The van der Waals surface area contributed by atoms with Crippen LogP contribution in [0.1, 0.15) is 26.3 Å². The topological polar surface area (TPSA) is 104 Å². The number of rotatable bonds is 7. The van der Waals surface area contributed by atoms with Gasteiger partial charge >= 0.3 is 0 Å². The van der Waals surface area contributed by atoms with Crippen molar-refractivity contribution in [1.29, 1.82) is 0 Å². The SMILES string of the molecule is CNS(=O)(=O)c1ccc(CNC(=O)c2ccc(NC(=O)c3ccccc3)cc2)cc1. The normalized spacial score (nSPS) is 11.0. The van der Waals surface area contributed by atoms with E-state index in [2.05, 4.69) is 15.4 Å². The van der Waals surface area contributed by atoms with E-state index in [0.29, 0.717) is 16.8 Å². The molecule has 3 rings (SSSR count). The molecule has 30 heavy (non-hydrogen) atoms. The minimum atomic E-state index is -3.49. The second-order valence-electron chi connectivity index (χ2n) is 6.43. The summed E-state index contributed by atoms with van der Waals surface area (Å²) in [6.07, 6.45) is 0. The van der Waals surface area contributed by atoms with Crippen LogP contribution in [0.3, 0.4) is 0 Å². The summed E-state index contributed by atoms with van der Waals surface area (Å²) in [4.78, 5) is 24.7. The molecule has 7 nitrogen and oxygen atoms in total. The second-order valence-corrected chi connectivity index (χ2v) is 8.32. The Kier molecular flexibility index (Phi) is 6.61. The van der Waals surface area contributed by atoms with Gasteiger partial charge in [0.25, 0.3) is 11.8 Å². The van der Waals surface area contributed by atoms with Crippen molar-refractivity contribution < 1.29 is 18.0 Å². The van der Waals surface area contributed by atoms with Crippen molar-refractivity contribution in [2.24, 2.45) is 0 Å². The summed E-state index contributed by atoms with van der Waals surface area (Å²) in [6, 6.07) is 21.7. The van der Waals surface area contributed by atoms with Gasteiger partial charge in [0.15, 0.2) is 0 Å². The van der Waals surface area contributed by atoms with E-state index in [9.17, 15) is 18.0 Å². The molecule has 0 spiro atoms. The molecule has 0 aromatic heterocycles. The van der Waals surface area contributed by atoms with Gasteiger partial charge < -0.3 is 10.6 Å². The molecule has 0 unspecified atom stereocenters. The van der Waals surface area contributed by atoms with Crippen molar-refractivity contribution in [3.8, 4) is 0 Å². The molecule has 0 bridgehead atoms. The predicted molar refractivity (Wildman–Crippen MR) is 115 cm³/mol. The molecule has 0 saturated heterocycles. The molecule has 3 aromatic rings. The van der Waals surface area contributed by atoms with Crippen molar-refractivity contribution in [2.75, 3.05) is 12.4 Å². The van der Waals surface area contributed by atoms with Gasteiger partial charge in [-0.1, -0.05) is 30.3 Å². The third-order valence-electron chi connectivity index (χ3n) is 4.40. The van der Waals surface area contributed by atoms with Gasteiger partial charge in [-0.2, -0.15) is 0 Å². The van der Waals surface area contributed by atoms with E-state index in [-0.39, 0.29) is 23.3 Å². The molecule has 0 fully saturated rings. The Bertz CT molecular complexity index is 1130. The van der Waals surface area contributed by atoms with Crippen LogP contribution in [0.4, 0.5) is 5.69 Å². The van der Waals surface area contributed by atoms with Crippen LogP contribution in [0.15, 0.2) is 83.8 Å². The molecule has 0 heterocycles. The maximum Gasteiger partial charge on any atom is 0.255 e. The van der Waals surface area contributed by atoms with Gasteiger partial charge in [0.05, 0.1) is 4.90 Å². The Morgan fingerprint density at radius 1 is 0.767 bits per heavy atom. The van der Waals surface area contributed by atoms with E-state index in [1.54, 1.807) is 60.7 Å². The lowest BCUT2D eigenvalue weighted by Crippen LogP contribution is -2.23. The fourth-order valence-corrected chi connectivity index (χ4v) is 3.42. The molecule has 8 heteroatoms. The number of sulfonamides is 1. The van der Waals surface area contributed by atoms with Crippen LogP contribution in [0, 0.1) is 0 Å². The molecule has 3 N–H and O–H groups in total. The third-order valence-corrected chi connectivity index (χ3v) is 5.83. The van der Waals surface area contributed by atoms with E-state index < -0.39 is 10.0 Å². The molecule has 0 radical (unpaired) electrons. The number of amides is 2. The van der Waals surface area contributed by atoms with Crippen molar-refractivity contribution in [1.82, 2.24) is 10.0 Å². The lowest BCUT2D eigenvalue weighted by Gasteiger charge is -2.08. The summed E-state index contributed by atoms with van der Waals surface area (Å²) in [5.74, 6) is -0.501. The molecule has 2 amide bonds. The zero-order chi connectivity index (χ0) is 21.6. The van der Waals surface area contributed by atoms with Gasteiger partial charge in [-0.15, -0.1) is 0 Å². The van der Waals surface area contributed by atoms with Gasteiger partial charge in [0.2, 0.25) is 10.0 Å². The Labute approximate surface area is 175 Å². The Morgan fingerprint density at radius 2 is 1.37 bits per heavy atom. The summed E-state index contributed by atoms with van der Waals surface area (Å²) in [5, 5.41) is 5.56. The van der Waals surface area contributed by atoms with E-state index in [0.717, 1.165) is 5.56 Å². The summed E-state index contributed by atoms with van der Waals surface area (Å²) >= 11 is 0. The van der Waals surface area contributed by atoms with E-state index in [4.69, 9.17) is 0 Å². The summed E-state index contributed by atoms with van der Waals surface area (Å²) in [6.45, 7) is 0.255. The number of carbonyl (C=O) groups excluding carboxylic acids is 2. The van der Waals surface area contributed by atoms with E-state index >= 15 is 0 Å². The molecule has 154 valence electrons. The molecule has 0 aliphatic heterocycles. The van der Waals surface area contributed by atoms with Crippen LogP contribution in [0.2, 0.25) is 0 Å². The van der Waals surface area contributed by atoms with E-state index in [1.165, 1.54) is 19.2 Å². The molecule has 0 aliphatic carbocycles. The number of nitrogens with one attached hydrogen (secondary N) is 3. The standard InChI is InChI=1S/C22H21N3O4S/c1-23-30(28,29)20-13-7-16(8-14-20)15-24-21(26)18-9-11-19(12-10-18)25-22(27)17-5-3-2-4-6-17/h2-14,23H,15H2,1H3,(H,24,26)(H,25,27). The molecule has 0 aliphatic rings. The number of carbonyl (C=O) groups is 2. The maximum absolute atomic E-state index is 12.3. The highest BCUT2D eigenvalue weighted by Crippen LogP contribution is 2.13. The molecule has 0 saturated carbocycles. The molecule has 3 aromatic carbocycles. The smallest absolute Gasteiger partial charge is 0.255 e. The van der Waals surface area contributed by atoms with Gasteiger partial charge in [-0.3, -0.25) is 9.59 Å². The molecular formula is C22H21N3O4S. The Hall–Kier alpha value is -3.49. The highest BCUT2D eigenvalue weighted by Gasteiger charge is 2.11. The van der Waals surface area contributed by atoms with Crippen molar-refractivity contribution in [3.05, 3.63) is 95.6 Å². The first kappa shape index (κ1) is 21.2. The predicted octanol–water partition coefficient (Wildman–Crippen LogP) is 2.78. The summed E-state index contributed by atoms with van der Waals surface area (Å²) < 4.78 is 25.7. The monoisotopic (exact) mass is 423 g/mol. The number of benzene rings is 3. The Morgan fingerprint density at radius 3 is 1.97 bits per heavy atom. The van der Waals surface area contributed by atoms with E-state index in [1.807, 2.05) is 6.07 Å². The molecular weight excluding hydrogens is 402 g/mol. The highest BCUT2D eigenvalue weighted by atomic mass is 32.2. The van der Waals surface area contributed by atoms with Crippen LogP contribution in [0.25, 0.3) is 0 Å². The largest absolute Gasteiger partial charge is 0.348 e. The van der Waals surface area contributed by atoms with Crippen LogP contribution < -0.4 is 15.4 Å². The lowest BCUT2D eigenvalue weighted by molar-refractivity contribution is 0.0950. The first-order valence-corrected chi connectivity index (χ1v) is 10.6. The van der Waals surface area contributed by atoms with Gasteiger partial charge in [0.1, 0.15) is 0 Å². The van der Waals surface area contributed by atoms with Crippen LogP contribution in [0.5, 0.6) is 0 Å². The molecule has 0 atom stereocenters. The first-order chi connectivity index (χ1) is 14.4. The van der Waals surface area contributed by atoms with Crippen molar-refractivity contribution in [2.45, 2.75) is 11.4 Å². The average Bonchev–Trinajstić information content (AvgIpc) is 2.78. The van der Waals surface area contributed by atoms with Gasteiger partial charge in [0, 0.05) is 23.4 Å². The van der Waals surface area contributed by atoms with Gasteiger partial charge in [-0.25, -0.2) is 13.1 Å². The Balaban J connectivity index is 1.56. The van der Waals surface area contributed by atoms with Crippen LogP contribution >= 0.6 is 0 Å². The quantitative estimate of drug-likeness (QED) is 0.543. The van der Waals surface area contributed by atoms with Gasteiger partial charge in [-0.05, 0) is 61.1 Å². The minimum Gasteiger partial charge on any atom is -0.348 e. The zero-order valence-electron chi connectivity index (χ0n) is 16.3. The maximum atomic E-state index is 12.3. The summed E-state index contributed by atoms with van der Waals surface area (Å²) in [5.41, 5.74) is 2.35.